The Morgan fingerprint density at radius 2 is 1.92 bits per heavy atom. The molecular weight excluding hydrogens is 318 g/mol. The van der Waals surface area contributed by atoms with Crippen molar-refractivity contribution >= 4 is 11.0 Å². The number of hydrogen-bond acceptors (Lipinski definition) is 5. The first kappa shape index (κ1) is 16.0. The van der Waals surface area contributed by atoms with E-state index in [1.165, 1.54) is 0 Å². The Kier molecular flexibility index (Phi) is 4.10. The van der Waals surface area contributed by atoms with E-state index in [0.717, 1.165) is 18.8 Å². The van der Waals surface area contributed by atoms with Crippen LogP contribution in [0.1, 0.15) is 19.7 Å². The van der Waals surface area contributed by atoms with Gasteiger partial charge in [0.05, 0.1) is 30.6 Å². The number of aromatic amines is 1. The Balaban J connectivity index is 1.70. The average Bonchev–Trinajstić information content (AvgIpc) is 2.99. The first-order chi connectivity index (χ1) is 12.1. The number of para-hydroxylation sites is 1. The number of morpholine rings is 1. The highest BCUT2D eigenvalue weighted by Crippen LogP contribution is 2.16. The lowest BCUT2D eigenvalue weighted by Crippen LogP contribution is -2.45. The van der Waals surface area contributed by atoms with Crippen LogP contribution in [0.3, 0.4) is 0 Å². The second-order valence-electron chi connectivity index (χ2n) is 6.59. The number of fused-ring (bicyclic) bond motifs is 1. The molecule has 130 valence electrons. The molecule has 25 heavy (non-hydrogen) atoms. The van der Waals surface area contributed by atoms with Crippen molar-refractivity contribution < 1.29 is 4.74 Å². The summed E-state index contributed by atoms with van der Waals surface area (Å²) in [5.41, 5.74) is 1.31. The molecule has 3 heterocycles. The normalized spacial score (nSPS) is 21.7. The average molecular weight is 339 g/mol. The van der Waals surface area contributed by atoms with Crippen LogP contribution in [-0.2, 0) is 11.3 Å². The summed E-state index contributed by atoms with van der Waals surface area (Å²) in [6.45, 7) is 6.36. The van der Waals surface area contributed by atoms with Crippen LogP contribution < -0.4 is 5.56 Å². The highest BCUT2D eigenvalue weighted by atomic mass is 16.5. The summed E-state index contributed by atoms with van der Waals surface area (Å²) in [5, 5.41) is 4.84. The number of rotatable bonds is 3. The molecule has 1 fully saturated rings. The SMILES string of the molecule is C[C@@H]1CN(Cc2nc3c(cnn3-c3ccccc3)c(=O)[nH]2)C[C@@H](C)O1. The van der Waals surface area contributed by atoms with Crippen molar-refractivity contribution in [3.8, 4) is 5.69 Å². The minimum absolute atomic E-state index is 0.156. The summed E-state index contributed by atoms with van der Waals surface area (Å²) in [5.74, 6) is 0.650. The van der Waals surface area contributed by atoms with E-state index < -0.39 is 0 Å². The third kappa shape index (κ3) is 3.20. The number of nitrogens with zero attached hydrogens (tertiary/aromatic N) is 4. The number of hydrogen-bond donors (Lipinski definition) is 1. The summed E-state index contributed by atoms with van der Waals surface area (Å²) in [4.78, 5) is 22.2. The van der Waals surface area contributed by atoms with Gasteiger partial charge in [0.15, 0.2) is 5.65 Å². The van der Waals surface area contributed by atoms with Gasteiger partial charge in [-0.1, -0.05) is 18.2 Å². The quantitative estimate of drug-likeness (QED) is 0.786. The zero-order valence-electron chi connectivity index (χ0n) is 14.3. The topological polar surface area (TPSA) is 76.0 Å². The molecule has 1 N–H and O–H groups in total. The van der Waals surface area contributed by atoms with Crippen LogP contribution >= 0.6 is 0 Å². The predicted molar refractivity (Wildman–Crippen MR) is 94.8 cm³/mol. The van der Waals surface area contributed by atoms with E-state index in [9.17, 15) is 4.79 Å². The molecule has 1 aromatic carbocycles. The molecule has 0 saturated carbocycles. The molecule has 0 amide bonds. The Morgan fingerprint density at radius 1 is 1.20 bits per heavy atom. The lowest BCUT2D eigenvalue weighted by atomic mass is 10.2. The fraction of sp³-hybridized carbons (Fsp3) is 0.389. The largest absolute Gasteiger partial charge is 0.373 e. The number of H-pyrrole nitrogens is 1. The standard InChI is InChI=1S/C18H21N5O2/c1-12-9-22(10-13(2)25-12)11-16-20-17-15(18(24)21-16)8-19-23(17)14-6-4-3-5-7-14/h3-8,12-13H,9-11H2,1-2H3,(H,20,21,24)/t12-,13-/m1/s1. The zero-order valence-corrected chi connectivity index (χ0v) is 14.3. The van der Waals surface area contributed by atoms with E-state index in [4.69, 9.17) is 4.74 Å². The lowest BCUT2D eigenvalue weighted by molar-refractivity contribution is -0.0710. The van der Waals surface area contributed by atoms with Crippen LogP contribution in [-0.4, -0.2) is 49.9 Å². The number of aromatic nitrogens is 4. The molecule has 0 radical (unpaired) electrons. The summed E-state index contributed by atoms with van der Waals surface area (Å²) in [7, 11) is 0. The van der Waals surface area contributed by atoms with Crippen LogP contribution in [0.4, 0.5) is 0 Å². The maximum Gasteiger partial charge on any atom is 0.262 e. The molecule has 1 aliphatic rings. The molecule has 7 heteroatoms. The van der Waals surface area contributed by atoms with E-state index in [1.54, 1.807) is 10.9 Å². The molecular formula is C18H21N5O2. The van der Waals surface area contributed by atoms with Crippen molar-refractivity contribution in [2.75, 3.05) is 13.1 Å². The van der Waals surface area contributed by atoms with Crippen LogP contribution in [0.15, 0.2) is 41.3 Å². The molecule has 4 rings (SSSR count). The van der Waals surface area contributed by atoms with Crippen molar-refractivity contribution in [1.29, 1.82) is 0 Å². The van der Waals surface area contributed by atoms with Crippen LogP contribution in [0.2, 0.25) is 0 Å². The number of benzene rings is 1. The molecule has 1 aliphatic heterocycles. The van der Waals surface area contributed by atoms with Gasteiger partial charge in [0.2, 0.25) is 0 Å². The van der Waals surface area contributed by atoms with Crippen molar-refractivity contribution in [2.24, 2.45) is 0 Å². The minimum Gasteiger partial charge on any atom is -0.373 e. The van der Waals surface area contributed by atoms with Gasteiger partial charge >= 0.3 is 0 Å². The van der Waals surface area contributed by atoms with E-state index in [0.29, 0.717) is 23.4 Å². The van der Waals surface area contributed by atoms with Gasteiger partial charge in [0.25, 0.3) is 5.56 Å². The second-order valence-corrected chi connectivity index (χ2v) is 6.59. The van der Waals surface area contributed by atoms with Crippen LogP contribution in [0.5, 0.6) is 0 Å². The van der Waals surface area contributed by atoms with Gasteiger partial charge in [0.1, 0.15) is 11.2 Å². The van der Waals surface area contributed by atoms with Gasteiger partial charge < -0.3 is 9.72 Å². The smallest absolute Gasteiger partial charge is 0.262 e. The maximum absolute atomic E-state index is 12.4. The third-order valence-corrected chi connectivity index (χ3v) is 4.36. The van der Waals surface area contributed by atoms with Gasteiger partial charge in [-0.2, -0.15) is 5.10 Å². The van der Waals surface area contributed by atoms with E-state index in [2.05, 4.69) is 33.8 Å². The molecule has 1 saturated heterocycles. The molecule has 0 aliphatic carbocycles. The van der Waals surface area contributed by atoms with Crippen molar-refractivity contribution in [2.45, 2.75) is 32.6 Å². The highest BCUT2D eigenvalue weighted by Gasteiger charge is 2.23. The summed E-state index contributed by atoms with van der Waals surface area (Å²) < 4.78 is 7.47. The number of nitrogens with one attached hydrogen (secondary N) is 1. The van der Waals surface area contributed by atoms with Crippen LogP contribution in [0.25, 0.3) is 16.7 Å². The van der Waals surface area contributed by atoms with Crippen molar-refractivity contribution in [1.82, 2.24) is 24.6 Å². The highest BCUT2D eigenvalue weighted by molar-refractivity contribution is 5.75. The molecule has 7 nitrogen and oxygen atoms in total. The molecule has 2 aromatic heterocycles. The van der Waals surface area contributed by atoms with Crippen molar-refractivity contribution in [3.05, 3.63) is 52.7 Å². The first-order valence-corrected chi connectivity index (χ1v) is 8.50. The molecule has 3 aromatic rings. The molecule has 0 spiro atoms. The van der Waals surface area contributed by atoms with Crippen LogP contribution in [0, 0.1) is 0 Å². The van der Waals surface area contributed by atoms with Gasteiger partial charge in [-0.3, -0.25) is 9.69 Å². The Labute approximate surface area is 145 Å². The monoisotopic (exact) mass is 339 g/mol. The van der Waals surface area contributed by atoms with Gasteiger partial charge in [-0.05, 0) is 26.0 Å². The summed E-state index contributed by atoms with van der Waals surface area (Å²) >= 11 is 0. The fourth-order valence-electron chi connectivity index (χ4n) is 3.42. The summed E-state index contributed by atoms with van der Waals surface area (Å²) in [6.07, 6.45) is 1.92. The Hall–Kier alpha value is -2.51. The van der Waals surface area contributed by atoms with Gasteiger partial charge in [0, 0.05) is 13.1 Å². The lowest BCUT2D eigenvalue weighted by Gasteiger charge is -2.34. The van der Waals surface area contributed by atoms with E-state index in [-0.39, 0.29) is 17.8 Å². The van der Waals surface area contributed by atoms with Crippen molar-refractivity contribution in [3.63, 3.8) is 0 Å². The number of ether oxygens (including phenoxy) is 1. The third-order valence-electron chi connectivity index (χ3n) is 4.36. The van der Waals surface area contributed by atoms with E-state index in [1.807, 2.05) is 30.3 Å². The second kappa shape index (κ2) is 6.42. The Morgan fingerprint density at radius 3 is 2.64 bits per heavy atom. The van der Waals surface area contributed by atoms with Gasteiger partial charge in [-0.25, -0.2) is 9.67 Å². The fourth-order valence-corrected chi connectivity index (χ4v) is 3.42. The maximum atomic E-state index is 12.4. The predicted octanol–water partition coefficient (Wildman–Crippen LogP) is 1.72. The zero-order chi connectivity index (χ0) is 17.4. The van der Waals surface area contributed by atoms with Gasteiger partial charge in [-0.15, -0.1) is 0 Å². The molecule has 0 bridgehead atoms. The minimum atomic E-state index is -0.156. The summed E-state index contributed by atoms with van der Waals surface area (Å²) in [6, 6.07) is 9.71. The molecule has 0 unspecified atom stereocenters. The Bertz CT molecular complexity index is 924. The first-order valence-electron chi connectivity index (χ1n) is 8.50. The molecule has 2 atom stereocenters. The van der Waals surface area contributed by atoms with E-state index >= 15 is 0 Å².